The van der Waals surface area contributed by atoms with Gasteiger partial charge in [-0.2, -0.15) is 0 Å². The van der Waals surface area contributed by atoms with Gasteiger partial charge in [0.1, 0.15) is 29.5 Å². The lowest BCUT2D eigenvalue weighted by Crippen LogP contribution is -2.30. The molecule has 0 aliphatic carbocycles. The first-order valence-electron chi connectivity index (χ1n) is 12.8. The molecule has 37 heavy (non-hydrogen) atoms. The topological polar surface area (TPSA) is 79.5 Å². The number of hydrogen-bond acceptors (Lipinski definition) is 6. The first-order valence-corrected chi connectivity index (χ1v) is 12.8. The number of fused-ring (bicyclic) bond motifs is 1. The molecule has 9 heteroatoms. The standard InChI is InChI=1S/C28H35F2N7/c1-17(2)37-19(4)36-28-23(29)12-22(13-25(28)37)27(24(30)15-31-5)35-16-34-26-7-6-21(14-33-26)18(3)20-8-10-32-11-9-20/h6-7,12-15,17-18,20,32H,5,8-11,16H2,1-4H3,(H,33,34)/b24-15+,35-27-. The molecule has 1 atom stereocenters. The third kappa shape index (κ3) is 5.93. The first kappa shape index (κ1) is 26.6. The molecular weight excluding hydrogens is 472 g/mol. The highest BCUT2D eigenvalue weighted by atomic mass is 19.1. The number of hydrogen-bond donors (Lipinski definition) is 2. The predicted molar refractivity (Wildman–Crippen MR) is 147 cm³/mol. The van der Waals surface area contributed by atoms with Crippen molar-refractivity contribution >= 4 is 29.3 Å². The van der Waals surface area contributed by atoms with Crippen LogP contribution in [-0.2, 0) is 0 Å². The quantitative estimate of drug-likeness (QED) is 0.352. The summed E-state index contributed by atoms with van der Waals surface area (Å²) in [6.45, 7) is 13.6. The number of piperidine rings is 1. The van der Waals surface area contributed by atoms with Gasteiger partial charge in [-0.05, 0) is 89.0 Å². The van der Waals surface area contributed by atoms with E-state index < -0.39 is 11.6 Å². The van der Waals surface area contributed by atoms with E-state index >= 15 is 4.39 Å². The molecule has 2 N–H and O–H groups in total. The second-order valence-corrected chi connectivity index (χ2v) is 9.80. The minimum atomic E-state index is -0.706. The Morgan fingerprint density at radius 3 is 2.68 bits per heavy atom. The Kier molecular flexibility index (Phi) is 8.43. The summed E-state index contributed by atoms with van der Waals surface area (Å²) in [5, 5.41) is 6.52. The molecule has 1 aliphatic rings. The molecule has 0 bridgehead atoms. The van der Waals surface area contributed by atoms with Crippen molar-refractivity contribution in [1.29, 1.82) is 0 Å². The van der Waals surface area contributed by atoms with Gasteiger partial charge < -0.3 is 15.2 Å². The van der Waals surface area contributed by atoms with Crippen LogP contribution in [0.5, 0.6) is 0 Å². The zero-order valence-electron chi connectivity index (χ0n) is 21.9. The Labute approximate surface area is 216 Å². The molecule has 0 spiro atoms. The van der Waals surface area contributed by atoms with Crippen molar-refractivity contribution in [2.24, 2.45) is 15.9 Å². The van der Waals surface area contributed by atoms with E-state index in [1.165, 1.54) is 24.5 Å². The maximum atomic E-state index is 15.0. The molecule has 1 saturated heterocycles. The second kappa shape index (κ2) is 11.7. The number of aliphatic imine (C=N–C) groups is 2. The summed E-state index contributed by atoms with van der Waals surface area (Å²) in [6.07, 6.45) is 5.20. The van der Waals surface area contributed by atoms with E-state index in [2.05, 4.69) is 50.3 Å². The van der Waals surface area contributed by atoms with Crippen LogP contribution in [0.15, 0.2) is 52.5 Å². The molecular formula is C28H35F2N7. The van der Waals surface area contributed by atoms with Crippen LogP contribution >= 0.6 is 0 Å². The number of halogens is 2. The lowest BCUT2D eigenvalue weighted by molar-refractivity contribution is 0.330. The van der Waals surface area contributed by atoms with E-state index in [1.54, 1.807) is 6.07 Å². The Hall–Kier alpha value is -3.46. The highest BCUT2D eigenvalue weighted by molar-refractivity contribution is 6.12. The van der Waals surface area contributed by atoms with Crippen LogP contribution in [-0.4, -0.2) is 46.7 Å². The number of imidazole rings is 1. The minimum absolute atomic E-state index is 0.0222. The zero-order chi connectivity index (χ0) is 26.5. The largest absolute Gasteiger partial charge is 0.351 e. The zero-order valence-corrected chi connectivity index (χ0v) is 21.9. The molecule has 4 rings (SSSR count). The van der Waals surface area contributed by atoms with Crippen LogP contribution in [0.1, 0.15) is 62.5 Å². The summed E-state index contributed by atoms with van der Waals surface area (Å²) in [5.41, 5.74) is 2.31. The number of nitrogens with one attached hydrogen (secondary N) is 2. The summed E-state index contributed by atoms with van der Waals surface area (Å²) < 4.78 is 31.9. The Morgan fingerprint density at radius 1 is 1.27 bits per heavy atom. The average Bonchev–Trinajstić information content (AvgIpc) is 3.23. The highest BCUT2D eigenvalue weighted by Gasteiger charge is 2.22. The summed E-state index contributed by atoms with van der Waals surface area (Å²) in [5.74, 6) is 1.17. The van der Waals surface area contributed by atoms with Gasteiger partial charge >= 0.3 is 0 Å². The maximum absolute atomic E-state index is 15.0. The molecule has 2 aromatic heterocycles. The lowest BCUT2D eigenvalue weighted by atomic mass is 9.82. The van der Waals surface area contributed by atoms with E-state index in [0.29, 0.717) is 34.6 Å². The molecule has 3 heterocycles. The third-order valence-electron chi connectivity index (χ3n) is 7.05. The van der Waals surface area contributed by atoms with Gasteiger partial charge in [0.2, 0.25) is 0 Å². The molecule has 0 saturated carbocycles. The van der Waals surface area contributed by atoms with Crippen molar-refractivity contribution < 1.29 is 8.78 Å². The maximum Gasteiger partial charge on any atom is 0.167 e. The number of nitrogens with zero attached hydrogens (tertiary/aromatic N) is 5. The van der Waals surface area contributed by atoms with Crippen molar-refractivity contribution in [1.82, 2.24) is 19.9 Å². The van der Waals surface area contributed by atoms with Crippen molar-refractivity contribution in [2.75, 3.05) is 25.1 Å². The lowest BCUT2D eigenvalue weighted by Gasteiger charge is -2.28. The average molecular weight is 508 g/mol. The number of rotatable bonds is 9. The highest BCUT2D eigenvalue weighted by Crippen LogP contribution is 2.30. The SMILES string of the molecule is C=N/C=C(F)\C(=N/CNc1ccc(C(C)C2CCNCC2)cn1)c1cc(F)c2nc(C)n(C(C)C)c2c1. The van der Waals surface area contributed by atoms with Crippen LogP contribution in [0.2, 0.25) is 0 Å². The van der Waals surface area contributed by atoms with E-state index in [1.807, 2.05) is 37.6 Å². The fourth-order valence-corrected chi connectivity index (χ4v) is 5.10. The Bertz CT molecular complexity index is 1300. The van der Waals surface area contributed by atoms with Crippen LogP contribution in [0.4, 0.5) is 14.6 Å². The number of allylic oxidation sites excluding steroid dienone is 1. The predicted octanol–water partition coefficient (Wildman–Crippen LogP) is 5.93. The fraction of sp³-hybridized carbons (Fsp3) is 0.429. The van der Waals surface area contributed by atoms with Gasteiger partial charge in [0, 0.05) is 17.8 Å². The molecule has 3 aromatic rings. The fourth-order valence-electron chi connectivity index (χ4n) is 5.10. The molecule has 7 nitrogen and oxygen atoms in total. The number of benzene rings is 1. The summed E-state index contributed by atoms with van der Waals surface area (Å²) in [7, 11) is 0. The number of pyridine rings is 1. The Morgan fingerprint density at radius 2 is 2.03 bits per heavy atom. The molecule has 1 aliphatic heterocycles. The second-order valence-electron chi connectivity index (χ2n) is 9.80. The van der Waals surface area contributed by atoms with Crippen molar-refractivity contribution in [3.63, 3.8) is 0 Å². The number of aromatic nitrogens is 3. The normalized spacial score (nSPS) is 16.4. The van der Waals surface area contributed by atoms with Crippen molar-refractivity contribution in [2.45, 2.75) is 52.5 Å². The van der Waals surface area contributed by atoms with Crippen molar-refractivity contribution in [3.05, 3.63) is 65.3 Å². The van der Waals surface area contributed by atoms with Gasteiger partial charge in [-0.15, -0.1) is 0 Å². The smallest absolute Gasteiger partial charge is 0.167 e. The van der Waals surface area contributed by atoms with E-state index in [9.17, 15) is 4.39 Å². The molecule has 0 amide bonds. The van der Waals surface area contributed by atoms with Gasteiger partial charge in [-0.25, -0.2) is 18.7 Å². The van der Waals surface area contributed by atoms with Crippen LogP contribution in [0.25, 0.3) is 11.0 Å². The first-order chi connectivity index (χ1) is 17.8. The van der Waals surface area contributed by atoms with Crippen LogP contribution in [0.3, 0.4) is 0 Å². The van der Waals surface area contributed by atoms with Crippen LogP contribution < -0.4 is 10.6 Å². The molecule has 1 fully saturated rings. The van der Waals surface area contributed by atoms with E-state index in [4.69, 9.17) is 0 Å². The molecule has 1 unspecified atom stereocenters. The monoisotopic (exact) mass is 507 g/mol. The van der Waals surface area contributed by atoms with Gasteiger partial charge in [-0.3, -0.25) is 9.98 Å². The van der Waals surface area contributed by atoms with Gasteiger partial charge in [0.25, 0.3) is 0 Å². The molecule has 1 aromatic carbocycles. The van der Waals surface area contributed by atoms with Crippen molar-refractivity contribution in [3.8, 4) is 0 Å². The van der Waals surface area contributed by atoms with E-state index in [-0.39, 0.29) is 23.9 Å². The summed E-state index contributed by atoms with van der Waals surface area (Å²) >= 11 is 0. The van der Waals surface area contributed by atoms with E-state index in [0.717, 1.165) is 19.3 Å². The van der Waals surface area contributed by atoms with Crippen LogP contribution in [0, 0.1) is 18.7 Å². The molecule has 0 radical (unpaired) electrons. The van der Waals surface area contributed by atoms with Gasteiger partial charge in [-0.1, -0.05) is 13.0 Å². The minimum Gasteiger partial charge on any atom is -0.351 e. The Balaban J connectivity index is 1.56. The number of anilines is 1. The summed E-state index contributed by atoms with van der Waals surface area (Å²) in [4.78, 5) is 16.8. The van der Waals surface area contributed by atoms with Gasteiger partial charge in [0.15, 0.2) is 11.6 Å². The molecule has 196 valence electrons. The third-order valence-corrected chi connectivity index (χ3v) is 7.05. The summed E-state index contributed by atoms with van der Waals surface area (Å²) in [6, 6.07) is 7.01. The number of aryl methyl sites for hydroxylation is 1. The van der Waals surface area contributed by atoms with Gasteiger partial charge in [0.05, 0.1) is 11.7 Å².